The number of hydrogen-bond donors (Lipinski definition) is 0. The van der Waals surface area contributed by atoms with Gasteiger partial charge in [0.15, 0.2) is 5.69 Å². The summed E-state index contributed by atoms with van der Waals surface area (Å²) < 4.78 is 21.2. The molecule has 0 radical (unpaired) electrons. The minimum absolute atomic E-state index is 0.0582. The first-order valence-electron chi connectivity index (χ1n) is 9.23. The molecule has 0 saturated carbocycles. The highest BCUT2D eigenvalue weighted by atomic mass is 19.1. The van der Waals surface area contributed by atoms with E-state index >= 15 is 0 Å². The topological polar surface area (TPSA) is 67.2 Å². The Balaban J connectivity index is 1.63. The molecule has 27 heavy (non-hydrogen) atoms. The summed E-state index contributed by atoms with van der Waals surface area (Å²) in [5, 5.41) is 0. The Morgan fingerprint density at radius 1 is 1.37 bits per heavy atom. The zero-order valence-electron chi connectivity index (χ0n) is 15.5. The lowest BCUT2D eigenvalue weighted by Crippen LogP contribution is -2.49. The first kappa shape index (κ1) is 17.9. The monoisotopic (exact) mass is 374 g/mol. The van der Waals surface area contributed by atoms with Gasteiger partial charge in [0.25, 0.3) is 5.91 Å². The van der Waals surface area contributed by atoms with E-state index in [1.54, 1.807) is 24.3 Å². The zero-order valence-corrected chi connectivity index (χ0v) is 15.5. The maximum absolute atomic E-state index is 14.8. The van der Waals surface area contributed by atoms with Gasteiger partial charge in [0, 0.05) is 39.0 Å². The molecule has 2 amide bonds. The van der Waals surface area contributed by atoms with Gasteiger partial charge in [-0.2, -0.15) is 4.39 Å². The van der Waals surface area contributed by atoms with Crippen molar-refractivity contribution in [2.75, 3.05) is 33.4 Å². The summed E-state index contributed by atoms with van der Waals surface area (Å²) in [7, 11) is 1.60. The summed E-state index contributed by atoms with van der Waals surface area (Å²) in [4.78, 5) is 33.4. The van der Waals surface area contributed by atoms with Crippen molar-refractivity contribution in [3.05, 3.63) is 35.5 Å². The molecule has 0 aliphatic carbocycles. The second-order valence-electron chi connectivity index (χ2n) is 7.30. The van der Waals surface area contributed by atoms with Gasteiger partial charge in [-0.05, 0) is 31.4 Å². The van der Waals surface area contributed by atoms with E-state index in [0.717, 1.165) is 18.4 Å². The largest absolute Gasteiger partial charge is 0.383 e. The fraction of sp³-hybridized carbons (Fsp3) is 0.526. The smallest absolute Gasteiger partial charge is 0.277 e. The first-order valence-corrected chi connectivity index (χ1v) is 9.23. The summed E-state index contributed by atoms with van der Waals surface area (Å²) >= 11 is 0. The van der Waals surface area contributed by atoms with Crippen molar-refractivity contribution in [3.8, 4) is 0 Å². The fourth-order valence-electron chi connectivity index (χ4n) is 4.15. The van der Waals surface area contributed by atoms with Crippen LogP contribution in [0.3, 0.4) is 0 Å². The van der Waals surface area contributed by atoms with E-state index in [2.05, 4.69) is 4.98 Å². The normalized spacial score (nSPS) is 22.6. The molecule has 7 nitrogen and oxygen atoms in total. The number of fused-ring (bicyclic) bond motifs is 5. The van der Waals surface area contributed by atoms with E-state index in [0.29, 0.717) is 31.9 Å². The molecule has 8 heteroatoms. The highest BCUT2D eigenvalue weighted by molar-refractivity contribution is 5.94. The summed E-state index contributed by atoms with van der Waals surface area (Å²) in [6.07, 6.45) is 3.16. The van der Waals surface area contributed by atoms with Crippen LogP contribution in [0.4, 0.5) is 4.39 Å². The number of aromatic nitrogens is 2. The van der Waals surface area contributed by atoms with Gasteiger partial charge < -0.3 is 14.5 Å². The standard InChI is InChI=1S/C19H23FN4O3/c1-12-4-3-7-24-16(20)15(21-17(12)24)19(26)22-10-13-5-6-14(11-22)23(18(13)25)8-9-27-2/h3-4,7,13-14H,5-6,8-11H2,1-2H3/t13-,14+/m1/s1. The van der Waals surface area contributed by atoms with Crippen LogP contribution in [0.5, 0.6) is 0 Å². The molecule has 0 unspecified atom stereocenters. The molecular formula is C19H23FN4O3. The lowest BCUT2D eigenvalue weighted by atomic mass is 9.94. The van der Waals surface area contributed by atoms with E-state index in [1.165, 1.54) is 4.40 Å². The van der Waals surface area contributed by atoms with Crippen LogP contribution in [0.2, 0.25) is 0 Å². The fourth-order valence-corrected chi connectivity index (χ4v) is 4.15. The summed E-state index contributed by atoms with van der Waals surface area (Å²) in [5.41, 5.74) is 1.06. The van der Waals surface area contributed by atoms with E-state index < -0.39 is 11.9 Å². The SMILES string of the molecule is COCCN1C(=O)[C@@H]2CC[C@H]1CN(C(=O)c1nc3c(C)cccn3c1F)C2. The number of piperidine rings is 1. The number of amides is 2. The van der Waals surface area contributed by atoms with Crippen LogP contribution >= 0.6 is 0 Å². The van der Waals surface area contributed by atoms with Crippen LogP contribution in [0.1, 0.15) is 28.9 Å². The van der Waals surface area contributed by atoms with Crippen LogP contribution in [-0.2, 0) is 9.53 Å². The average molecular weight is 374 g/mol. The van der Waals surface area contributed by atoms with Crippen molar-refractivity contribution in [1.82, 2.24) is 19.2 Å². The minimum atomic E-state index is -0.655. The van der Waals surface area contributed by atoms with Crippen LogP contribution in [0.15, 0.2) is 18.3 Å². The molecule has 0 spiro atoms. The van der Waals surface area contributed by atoms with Crippen molar-refractivity contribution >= 4 is 17.5 Å². The molecule has 5 rings (SSSR count). The Bertz CT molecular complexity index is 896. The Morgan fingerprint density at radius 2 is 2.19 bits per heavy atom. The second-order valence-corrected chi connectivity index (χ2v) is 7.30. The molecule has 0 N–H and O–H groups in total. The predicted molar refractivity (Wildman–Crippen MR) is 95.9 cm³/mol. The molecule has 2 aromatic rings. The number of carbonyl (C=O) groups excluding carboxylic acids is 2. The molecule has 3 fully saturated rings. The number of imidazole rings is 1. The Labute approximate surface area is 156 Å². The number of hydrogen-bond acceptors (Lipinski definition) is 4. The predicted octanol–water partition coefficient (Wildman–Crippen LogP) is 1.49. The van der Waals surface area contributed by atoms with E-state index in [1.807, 2.05) is 17.9 Å². The number of ether oxygens (including phenoxy) is 1. The number of halogens is 1. The van der Waals surface area contributed by atoms with Crippen molar-refractivity contribution in [3.63, 3.8) is 0 Å². The molecule has 3 saturated heterocycles. The zero-order chi connectivity index (χ0) is 19.1. The van der Waals surface area contributed by atoms with Gasteiger partial charge in [-0.1, -0.05) is 6.07 Å². The number of methoxy groups -OCH3 is 1. The number of aryl methyl sites for hydroxylation is 1. The van der Waals surface area contributed by atoms with Gasteiger partial charge in [0.05, 0.1) is 12.5 Å². The molecule has 5 heterocycles. The number of carbonyl (C=O) groups is 2. The molecule has 144 valence electrons. The highest BCUT2D eigenvalue weighted by Crippen LogP contribution is 2.30. The van der Waals surface area contributed by atoms with Crippen LogP contribution in [0.25, 0.3) is 5.65 Å². The van der Waals surface area contributed by atoms with Gasteiger partial charge in [0.1, 0.15) is 5.65 Å². The average Bonchev–Trinajstić information content (AvgIpc) is 2.81. The van der Waals surface area contributed by atoms with Gasteiger partial charge in [0.2, 0.25) is 11.9 Å². The first-order chi connectivity index (χ1) is 13.0. The molecular weight excluding hydrogens is 351 g/mol. The molecule has 0 aromatic carbocycles. The number of pyridine rings is 1. The highest BCUT2D eigenvalue weighted by Gasteiger charge is 2.42. The third-order valence-electron chi connectivity index (χ3n) is 5.61. The molecule has 3 aliphatic heterocycles. The third-order valence-corrected chi connectivity index (χ3v) is 5.61. The van der Waals surface area contributed by atoms with E-state index in [4.69, 9.17) is 4.74 Å². The summed E-state index contributed by atoms with van der Waals surface area (Å²) in [5.74, 6) is -1.29. The van der Waals surface area contributed by atoms with Gasteiger partial charge in [-0.25, -0.2) is 4.98 Å². The van der Waals surface area contributed by atoms with Crippen molar-refractivity contribution in [2.45, 2.75) is 25.8 Å². The van der Waals surface area contributed by atoms with Crippen LogP contribution in [0, 0.1) is 18.8 Å². The van der Waals surface area contributed by atoms with Gasteiger partial charge in [-0.3, -0.25) is 14.0 Å². The Morgan fingerprint density at radius 3 is 2.93 bits per heavy atom. The van der Waals surface area contributed by atoms with Crippen LogP contribution < -0.4 is 0 Å². The molecule has 2 atom stereocenters. The van der Waals surface area contributed by atoms with Gasteiger partial charge >= 0.3 is 0 Å². The van der Waals surface area contributed by atoms with E-state index in [-0.39, 0.29) is 23.6 Å². The lowest BCUT2D eigenvalue weighted by molar-refractivity contribution is -0.140. The van der Waals surface area contributed by atoms with Crippen molar-refractivity contribution < 1.29 is 18.7 Å². The lowest BCUT2D eigenvalue weighted by Gasteiger charge is -2.35. The van der Waals surface area contributed by atoms with Crippen LogP contribution in [-0.4, -0.2) is 70.4 Å². The number of rotatable bonds is 4. The maximum Gasteiger partial charge on any atom is 0.277 e. The summed E-state index contributed by atoms with van der Waals surface area (Å²) in [6, 6.07) is 3.49. The van der Waals surface area contributed by atoms with Crippen molar-refractivity contribution in [2.24, 2.45) is 5.92 Å². The summed E-state index contributed by atoms with van der Waals surface area (Å²) in [6.45, 7) is 3.51. The molecule has 2 bridgehead atoms. The Kier molecular flexibility index (Phi) is 4.59. The number of nitrogens with zero attached hydrogens (tertiary/aromatic N) is 4. The third kappa shape index (κ3) is 2.97. The minimum Gasteiger partial charge on any atom is -0.383 e. The molecule has 2 aromatic heterocycles. The maximum atomic E-state index is 14.8. The molecule has 3 aliphatic rings. The Hall–Kier alpha value is -2.48. The quantitative estimate of drug-likeness (QED) is 0.813. The van der Waals surface area contributed by atoms with Crippen molar-refractivity contribution in [1.29, 1.82) is 0 Å². The van der Waals surface area contributed by atoms with E-state index in [9.17, 15) is 14.0 Å². The second kappa shape index (κ2) is 6.92. The van der Waals surface area contributed by atoms with Gasteiger partial charge in [-0.15, -0.1) is 0 Å².